The summed E-state index contributed by atoms with van der Waals surface area (Å²) in [4.78, 5) is 13.7. The number of carbonyl (C=O) groups is 1. The number of hydrogen-bond acceptors (Lipinski definition) is 4. The minimum absolute atomic E-state index is 0.0329. The van der Waals surface area contributed by atoms with Gasteiger partial charge in [0.1, 0.15) is 0 Å². The lowest BCUT2D eigenvalue weighted by Crippen LogP contribution is -2.50. The van der Waals surface area contributed by atoms with Crippen LogP contribution >= 0.6 is 0 Å². The number of hydrogen-bond donors (Lipinski definition) is 0. The summed E-state index contributed by atoms with van der Waals surface area (Å²) in [5.74, 6) is -0.362. The molecule has 1 heterocycles. The molecule has 0 atom stereocenters. The van der Waals surface area contributed by atoms with Gasteiger partial charge in [-0.3, -0.25) is 4.79 Å². The monoisotopic (exact) mass is 372 g/mol. The maximum atomic E-state index is 14.0. The first-order chi connectivity index (χ1) is 11.8. The molecule has 8 heteroatoms. The summed E-state index contributed by atoms with van der Waals surface area (Å²) in [7, 11) is -3.79. The van der Waals surface area contributed by atoms with Crippen LogP contribution in [0.2, 0.25) is 0 Å². The zero-order valence-electron chi connectivity index (χ0n) is 14.9. The molecule has 140 valence electrons. The van der Waals surface area contributed by atoms with Crippen LogP contribution in [0.4, 0.5) is 4.39 Å². The third-order valence-electron chi connectivity index (χ3n) is 4.02. The van der Waals surface area contributed by atoms with Crippen molar-refractivity contribution in [3.05, 3.63) is 24.0 Å². The van der Waals surface area contributed by atoms with Gasteiger partial charge in [0.05, 0.1) is 11.5 Å². The van der Waals surface area contributed by atoms with Gasteiger partial charge in [0.15, 0.2) is 11.6 Å². The van der Waals surface area contributed by atoms with Crippen molar-refractivity contribution in [3.8, 4) is 5.75 Å². The Morgan fingerprint density at radius 2 is 1.88 bits per heavy atom. The lowest BCUT2D eigenvalue weighted by Gasteiger charge is -2.34. The molecule has 0 aromatic heterocycles. The molecule has 6 nitrogen and oxygen atoms in total. The molecular weight excluding hydrogens is 347 g/mol. The molecule has 0 spiro atoms. The lowest BCUT2D eigenvalue weighted by molar-refractivity contribution is -0.133. The van der Waals surface area contributed by atoms with Gasteiger partial charge in [0, 0.05) is 32.6 Å². The Morgan fingerprint density at radius 3 is 2.40 bits per heavy atom. The third kappa shape index (κ3) is 4.70. The van der Waals surface area contributed by atoms with Gasteiger partial charge in [-0.25, -0.2) is 12.8 Å². The topological polar surface area (TPSA) is 66.9 Å². The minimum Gasteiger partial charge on any atom is -0.491 e. The molecule has 1 saturated heterocycles. The maximum absolute atomic E-state index is 14.0. The van der Waals surface area contributed by atoms with Crippen molar-refractivity contribution in [1.82, 2.24) is 9.21 Å². The highest BCUT2D eigenvalue weighted by molar-refractivity contribution is 7.89. The van der Waals surface area contributed by atoms with Crippen LogP contribution in [0, 0.1) is 11.7 Å². The second kappa shape index (κ2) is 8.14. The average molecular weight is 372 g/mol. The van der Waals surface area contributed by atoms with E-state index < -0.39 is 15.8 Å². The number of sulfonamides is 1. The van der Waals surface area contributed by atoms with E-state index >= 15 is 0 Å². The number of nitrogens with zero attached hydrogens (tertiary/aromatic N) is 2. The Bertz CT molecular complexity index is 713. The number of carbonyl (C=O) groups excluding carboxylic acids is 1. The Kier molecular flexibility index (Phi) is 6.40. The van der Waals surface area contributed by atoms with Gasteiger partial charge < -0.3 is 9.64 Å². The Morgan fingerprint density at radius 1 is 1.24 bits per heavy atom. The van der Waals surface area contributed by atoms with Gasteiger partial charge in [-0.2, -0.15) is 4.31 Å². The van der Waals surface area contributed by atoms with Gasteiger partial charge in [0.25, 0.3) is 0 Å². The molecule has 1 amide bonds. The molecule has 0 radical (unpaired) electrons. The predicted octanol–water partition coefficient (Wildman–Crippen LogP) is 2.10. The Hall–Kier alpha value is -1.67. The second-order valence-electron chi connectivity index (χ2n) is 6.41. The third-order valence-corrected chi connectivity index (χ3v) is 5.91. The minimum atomic E-state index is -3.79. The first kappa shape index (κ1) is 19.7. The molecule has 1 aliphatic rings. The molecule has 0 unspecified atom stereocenters. The lowest BCUT2D eigenvalue weighted by atomic mass is 10.1. The molecule has 2 rings (SSSR count). The van der Waals surface area contributed by atoms with Crippen LogP contribution in [0.3, 0.4) is 0 Å². The highest BCUT2D eigenvalue weighted by Crippen LogP contribution is 2.24. The molecule has 0 saturated carbocycles. The summed E-state index contributed by atoms with van der Waals surface area (Å²) in [5.41, 5.74) is 0. The van der Waals surface area contributed by atoms with Crippen molar-refractivity contribution < 1.29 is 22.3 Å². The van der Waals surface area contributed by atoms with Gasteiger partial charge in [-0.1, -0.05) is 13.8 Å². The summed E-state index contributed by atoms with van der Waals surface area (Å²) >= 11 is 0. The molecule has 1 aliphatic heterocycles. The van der Waals surface area contributed by atoms with E-state index in [0.717, 1.165) is 6.07 Å². The molecule has 1 aromatic carbocycles. The fourth-order valence-corrected chi connectivity index (χ4v) is 4.15. The normalized spacial score (nSPS) is 16.3. The first-order valence-corrected chi connectivity index (χ1v) is 9.90. The van der Waals surface area contributed by atoms with Crippen LogP contribution in [0.25, 0.3) is 0 Å². The van der Waals surface area contributed by atoms with Crippen molar-refractivity contribution >= 4 is 15.9 Å². The van der Waals surface area contributed by atoms with E-state index in [4.69, 9.17) is 4.74 Å². The molecular formula is C17H25FN2O4S. The Labute approximate surface area is 148 Å². The van der Waals surface area contributed by atoms with Gasteiger partial charge in [-0.15, -0.1) is 0 Å². The van der Waals surface area contributed by atoms with Crippen molar-refractivity contribution in [1.29, 1.82) is 0 Å². The van der Waals surface area contributed by atoms with Crippen LogP contribution in [0.15, 0.2) is 23.1 Å². The molecule has 25 heavy (non-hydrogen) atoms. The molecule has 0 aliphatic carbocycles. The number of piperazine rings is 1. The smallest absolute Gasteiger partial charge is 0.243 e. The average Bonchev–Trinajstić information content (AvgIpc) is 2.56. The van der Waals surface area contributed by atoms with E-state index in [1.165, 1.54) is 16.4 Å². The number of amides is 1. The van der Waals surface area contributed by atoms with Crippen molar-refractivity contribution in [2.75, 3.05) is 32.8 Å². The number of halogens is 1. The van der Waals surface area contributed by atoms with Crippen LogP contribution in [0.5, 0.6) is 5.75 Å². The summed E-state index contributed by atoms with van der Waals surface area (Å²) < 4.78 is 45.7. The number of ether oxygens (including phenoxy) is 1. The van der Waals surface area contributed by atoms with Crippen LogP contribution in [0.1, 0.15) is 27.2 Å². The highest BCUT2D eigenvalue weighted by Gasteiger charge is 2.30. The zero-order valence-corrected chi connectivity index (χ0v) is 15.7. The number of benzene rings is 1. The van der Waals surface area contributed by atoms with Gasteiger partial charge >= 0.3 is 0 Å². The summed E-state index contributed by atoms with van der Waals surface area (Å²) in [5, 5.41) is 0. The first-order valence-electron chi connectivity index (χ1n) is 8.46. The largest absolute Gasteiger partial charge is 0.491 e. The van der Waals surface area contributed by atoms with E-state index in [-0.39, 0.29) is 35.6 Å². The van der Waals surface area contributed by atoms with Gasteiger partial charge in [-0.05, 0) is 31.0 Å². The maximum Gasteiger partial charge on any atom is 0.243 e. The predicted molar refractivity (Wildman–Crippen MR) is 92.4 cm³/mol. The van der Waals surface area contributed by atoms with Crippen LogP contribution < -0.4 is 4.74 Å². The van der Waals surface area contributed by atoms with Crippen molar-refractivity contribution in [2.45, 2.75) is 32.1 Å². The van der Waals surface area contributed by atoms with Crippen LogP contribution in [-0.4, -0.2) is 56.3 Å². The molecule has 1 fully saturated rings. The van der Waals surface area contributed by atoms with E-state index in [0.29, 0.717) is 26.1 Å². The summed E-state index contributed by atoms with van der Waals surface area (Å²) in [6, 6.07) is 3.66. The Balaban J connectivity index is 2.07. The second-order valence-corrected chi connectivity index (χ2v) is 8.35. The highest BCUT2D eigenvalue weighted by atomic mass is 32.2. The van der Waals surface area contributed by atoms with Crippen molar-refractivity contribution in [3.63, 3.8) is 0 Å². The number of rotatable bonds is 6. The van der Waals surface area contributed by atoms with E-state index in [1.807, 2.05) is 13.8 Å². The van der Waals surface area contributed by atoms with Crippen molar-refractivity contribution in [2.24, 2.45) is 5.92 Å². The summed E-state index contributed by atoms with van der Waals surface area (Å²) in [6.45, 7) is 7.09. The summed E-state index contributed by atoms with van der Waals surface area (Å²) in [6.07, 6.45) is 0.455. The standard InChI is InChI=1S/C17H25FN2O4S/c1-4-24-16-6-5-14(12-15(16)18)25(22,23)20-9-7-19(8-10-20)17(21)11-13(2)3/h5-6,12-13H,4,7-11H2,1-3H3. The molecule has 0 bridgehead atoms. The fraction of sp³-hybridized carbons (Fsp3) is 0.588. The van der Waals surface area contributed by atoms with E-state index in [1.54, 1.807) is 11.8 Å². The van der Waals surface area contributed by atoms with Crippen LogP contribution in [-0.2, 0) is 14.8 Å². The molecule has 1 aromatic rings. The van der Waals surface area contributed by atoms with E-state index in [2.05, 4.69) is 0 Å². The fourth-order valence-electron chi connectivity index (χ4n) is 2.72. The zero-order chi connectivity index (χ0) is 18.6. The van der Waals surface area contributed by atoms with E-state index in [9.17, 15) is 17.6 Å². The van der Waals surface area contributed by atoms with Gasteiger partial charge in [0.2, 0.25) is 15.9 Å². The quantitative estimate of drug-likeness (QED) is 0.767. The molecule has 0 N–H and O–H groups in total. The SMILES string of the molecule is CCOc1ccc(S(=O)(=O)N2CCN(C(=O)CC(C)C)CC2)cc1F.